The molecule has 1 heterocycles. The molecule has 4 aromatic rings. The first-order valence-corrected chi connectivity index (χ1v) is 14.0. The molecule has 0 aliphatic carbocycles. The Morgan fingerprint density at radius 3 is 2.56 bits per heavy atom. The summed E-state index contributed by atoms with van der Waals surface area (Å²) in [7, 11) is 0. The third-order valence-corrected chi connectivity index (χ3v) is 7.58. The zero-order valence-electron chi connectivity index (χ0n) is 20.6. The summed E-state index contributed by atoms with van der Waals surface area (Å²) in [5.74, 6) is 1.37. The van der Waals surface area contributed by atoms with Gasteiger partial charge in [-0.05, 0) is 74.6 Å². The molecule has 4 rings (SSSR count). The van der Waals surface area contributed by atoms with Gasteiger partial charge in [0.05, 0.1) is 11.7 Å². The number of rotatable bonds is 8. The van der Waals surface area contributed by atoms with Crippen molar-refractivity contribution in [2.24, 2.45) is 0 Å². The highest BCUT2D eigenvalue weighted by molar-refractivity contribution is 7.98. The van der Waals surface area contributed by atoms with E-state index in [1.54, 1.807) is 23.5 Å². The molecule has 9 heteroatoms. The second kappa shape index (κ2) is 11.9. The largest absolute Gasteiger partial charge is 0.328 e. The minimum Gasteiger partial charge on any atom is -0.328 e. The summed E-state index contributed by atoms with van der Waals surface area (Å²) < 4.78 is 1.99. The molecular formula is C27H28ClN5OS2. The first kappa shape index (κ1) is 26.1. The summed E-state index contributed by atoms with van der Waals surface area (Å²) >= 11 is 9.61. The number of nitrogens with one attached hydrogen (secondary N) is 2. The molecule has 2 amide bonds. The lowest BCUT2D eigenvalue weighted by atomic mass is 10.2. The first-order valence-electron chi connectivity index (χ1n) is 11.5. The van der Waals surface area contributed by atoms with Gasteiger partial charge in [-0.3, -0.25) is 4.57 Å². The molecule has 1 unspecified atom stereocenters. The van der Waals surface area contributed by atoms with Gasteiger partial charge in [0.1, 0.15) is 0 Å². The lowest BCUT2D eigenvalue weighted by molar-refractivity contribution is 0.249. The molecule has 6 nitrogen and oxygen atoms in total. The van der Waals surface area contributed by atoms with E-state index in [1.165, 1.54) is 11.1 Å². The van der Waals surface area contributed by atoms with Gasteiger partial charge < -0.3 is 10.6 Å². The fourth-order valence-corrected chi connectivity index (χ4v) is 5.23. The standard InChI is InChI=1S/C27H28ClN5OS2/c1-17-6-5-7-20(14-17)16-36-27-32-31-25(33(27)24-15-21(28)9-8-18(24)2)19(3)29-26(34)30-22-10-12-23(35-4)13-11-22/h5-15,19H,16H2,1-4H3,(H2,29,30,34). The molecule has 186 valence electrons. The van der Waals surface area contributed by atoms with E-state index in [2.05, 4.69) is 52.0 Å². The fourth-order valence-electron chi connectivity index (χ4n) is 3.76. The van der Waals surface area contributed by atoms with Crippen LogP contribution in [0.15, 0.2) is 76.8 Å². The molecular weight excluding hydrogens is 510 g/mol. The SMILES string of the molecule is CSc1ccc(NC(=O)NC(C)c2nnc(SCc3cccc(C)c3)n2-c2cc(Cl)ccc2C)cc1. The number of thioether (sulfide) groups is 2. The van der Waals surface area contributed by atoms with Crippen LogP contribution < -0.4 is 10.6 Å². The summed E-state index contributed by atoms with van der Waals surface area (Å²) in [5.41, 5.74) is 5.06. The minimum atomic E-state index is -0.408. The first-order chi connectivity index (χ1) is 17.3. The van der Waals surface area contributed by atoms with Crippen molar-refractivity contribution >= 4 is 46.8 Å². The molecule has 1 atom stereocenters. The second-order valence-corrected chi connectivity index (χ2v) is 10.7. The lowest BCUT2D eigenvalue weighted by Gasteiger charge is -2.18. The van der Waals surface area contributed by atoms with Gasteiger partial charge in [0.15, 0.2) is 11.0 Å². The lowest BCUT2D eigenvalue weighted by Crippen LogP contribution is -2.32. The molecule has 0 aliphatic rings. The summed E-state index contributed by atoms with van der Waals surface area (Å²) in [5, 5.41) is 16.2. The molecule has 2 N–H and O–H groups in total. The van der Waals surface area contributed by atoms with Crippen LogP contribution in [0.3, 0.4) is 0 Å². The third-order valence-electron chi connectivity index (χ3n) is 5.60. The van der Waals surface area contributed by atoms with Gasteiger partial charge in [-0.2, -0.15) is 0 Å². The summed E-state index contributed by atoms with van der Waals surface area (Å²) in [4.78, 5) is 13.9. The van der Waals surface area contributed by atoms with Crippen molar-refractivity contribution in [1.29, 1.82) is 0 Å². The van der Waals surface area contributed by atoms with Crippen LogP contribution in [0.4, 0.5) is 10.5 Å². The van der Waals surface area contributed by atoms with Gasteiger partial charge >= 0.3 is 6.03 Å². The molecule has 0 saturated heterocycles. The number of urea groups is 1. The fraction of sp³-hybridized carbons (Fsp3) is 0.222. The smallest absolute Gasteiger partial charge is 0.319 e. The molecule has 0 aliphatic heterocycles. The zero-order valence-corrected chi connectivity index (χ0v) is 23.0. The zero-order chi connectivity index (χ0) is 25.7. The van der Waals surface area contributed by atoms with Crippen LogP contribution in [0.2, 0.25) is 5.02 Å². The Morgan fingerprint density at radius 2 is 1.83 bits per heavy atom. The number of aryl methyl sites for hydroxylation is 2. The molecule has 3 aromatic carbocycles. The molecule has 0 saturated carbocycles. The van der Waals surface area contributed by atoms with Gasteiger partial charge in [-0.1, -0.05) is 59.3 Å². The minimum absolute atomic E-state index is 0.314. The van der Waals surface area contributed by atoms with Crippen molar-refractivity contribution < 1.29 is 4.79 Å². The van der Waals surface area contributed by atoms with Crippen molar-refractivity contribution in [1.82, 2.24) is 20.1 Å². The monoisotopic (exact) mass is 537 g/mol. The quantitative estimate of drug-likeness (QED) is 0.229. The molecule has 0 bridgehead atoms. The Labute approximate surface area is 225 Å². The highest BCUT2D eigenvalue weighted by Crippen LogP contribution is 2.30. The highest BCUT2D eigenvalue weighted by atomic mass is 35.5. The number of anilines is 1. The normalized spacial score (nSPS) is 11.8. The van der Waals surface area contributed by atoms with E-state index in [0.29, 0.717) is 10.8 Å². The number of amides is 2. The number of carbonyl (C=O) groups is 1. The molecule has 36 heavy (non-hydrogen) atoms. The van der Waals surface area contributed by atoms with Gasteiger partial charge in [-0.25, -0.2) is 4.79 Å². The highest BCUT2D eigenvalue weighted by Gasteiger charge is 2.22. The van der Waals surface area contributed by atoms with E-state index < -0.39 is 6.04 Å². The van der Waals surface area contributed by atoms with Crippen LogP contribution in [-0.4, -0.2) is 27.1 Å². The predicted molar refractivity (Wildman–Crippen MR) is 151 cm³/mol. The molecule has 0 radical (unpaired) electrons. The van der Waals surface area contributed by atoms with Crippen molar-refractivity contribution in [3.63, 3.8) is 0 Å². The molecule has 1 aromatic heterocycles. The van der Waals surface area contributed by atoms with Crippen LogP contribution in [0.1, 0.15) is 35.5 Å². The molecule has 0 spiro atoms. The number of hydrogen-bond donors (Lipinski definition) is 2. The van der Waals surface area contributed by atoms with Gasteiger partial charge in [0.2, 0.25) is 0 Å². The Balaban J connectivity index is 1.59. The maximum Gasteiger partial charge on any atom is 0.319 e. The summed E-state index contributed by atoms with van der Waals surface area (Å²) in [6, 6.07) is 21.1. The summed E-state index contributed by atoms with van der Waals surface area (Å²) in [6.07, 6.45) is 2.02. The number of carbonyl (C=O) groups excluding carboxylic acids is 1. The average molecular weight is 538 g/mol. The second-order valence-electron chi connectivity index (χ2n) is 8.43. The van der Waals surface area contributed by atoms with Gasteiger partial charge in [-0.15, -0.1) is 22.0 Å². The Morgan fingerprint density at radius 1 is 1.06 bits per heavy atom. The van der Waals surface area contributed by atoms with E-state index >= 15 is 0 Å². The van der Waals surface area contributed by atoms with Crippen molar-refractivity contribution in [3.05, 3.63) is 94.3 Å². The van der Waals surface area contributed by atoms with Crippen LogP contribution in [0, 0.1) is 13.8 Å². The van der Waals surface area contributed by atoms with E-state index in [4.69, 9.17) is 11.6 Å². The topological polar surface area (TPSA) is 71.8 Å². The summed E-state index contributed by atoms with van der Waals surface area (Å²) in [6.45, 7) is 6.00. The van der Waals surface area contributed by atoms with Crippen molar-refractivity contribution in [3.8, 4) is 5.69 Å². The maximum atomic E-state index is 12.8. The van der Waals surface area contributed by atoms with Gasteiger partial charge in [0.25, 0.3) is 0 Å². The Kier molecular flexibility index (Phi) is 8.61. The van der Waals surface area contributed by atoms with E-state index in [1.807, 2.05) is 67.1 Å². The number of nitrogens with zero attached hydrogens (tertiary/aromatic N) is 3. The number of halogens is 1. The average Bonchev–Trinajstić information content (AvgIpc) is 3.28. The maximum absolute atomic E-state index is 12.8. The molecule has 0 fully saturated rings. The predicted octanol–water partition coefficient (Wildman–Crippen LogP) is 7.43. The van der Waals surface area contributed by atoms with Crippen LogP contribution in [0.5, 0.6) is 0 Å². The van der Waals surface area contributed by atoms with Crippen LogP contribution >= 0.6 is 35.1 Å². The third kappa shape index (κ3) is 6.43. The van der Waals surface area contributed by atoms with Crippen molar-refractivity contribution in [2.45, 2.75) is 42.6 Å². The Bertz CT molecular complexity index is 1360. The number of aromatic nitrogens is 3. The van der Waals surface area contributed by atoms with Gasteiger partial charge in [0, 0.05) is 21.4 Å². The van der Waals surface area contributed by atoms with E-state index in [0.717, 1.165) is 32.7 Å². The number of benzene rings is 3. The van der Waals surface area contributed by atoms with E-state index in [-0.39, 0.29) is 6.03 Å². The van der Waals surface area contributed by atoms with Crippen LogP contribution in [-0.2, 0) is 5.75 Å². The number of hydrogen-bond acceptors (Lipinski definition) is 5. The van der Waals surface area contributed by atoms with Crippen LogP contribution in [0.25, 0.3) is 5.69 Å². The van der Waals surface area contributed by atoms with Crippen molar-refractivity contribution in [2.75, 3.05) is 11.6 Å². The van der Waals surface area contributed by atoms with E-state index in [9.17, 15) is 4.79 Å². The Hall–Kier alpha value is -2.94.